The molecule has 1 fully saturated rings. The van der Waals surface area contributed by atoms with Gasteiger partial charge in [-0.25, -0.2) is 9.78 Å². The molecular formula is C19H18N4O3. The van der Waals surface area contributed by atoms with Crippen molar-refractivity contribution < 1.29 is 14.1 Å². The summed E-state index contributed by atoms with van der Waals surface area (Å²) in [6.45, 7) is 0. The summed E-state index contributed by atoms with van der Waals surface area (Å²) >= 11 is 0. The summed E-state index contributed by atoms with van der Waals surface area (Å²) < 4.78 is 10.2. The molecule has 1 saturated carbocycles. The number of hydrogen-bond donors (Lipinski definition) is 1. The Hall–Kier alpha value is -3.22. The predicted octanol–water partition coefficient (Wildman–Crippen LogP) is 3.34. The van der Waals surface area contributed by atoms with Crippen LogP contribution in [0.25, 0.3) is 11.5 Å². The third kappa shape index (κ3) is 3.42. The summed E-state index contributed by atoms with van der Waals surface area (Å²) in [4.78, 5) is 20.9. The zero-order valence-electron chi connectivity index (χ0n) is 14.3. The molecule has 1 N–H and O–H groups in total. The van der Waals surface area contributed by atoms with Gasteiger partial charge in [0.1, 0.15) is 5.82 Å². The number of aromatic nitrogens is 3. The van der Waals surface area contributed by atoms with Gasteiger partial charge in [-0.3, -0.25) is 0 Å². The normalized spacial score (nSPS) is 14.7. The maximum atomic E-state index is 12.1. The van der Waals surface area contributed by atoms with Crippen LogP contribution in [-0.2, 0) is 9.53 Å². The third-order valence-corrected chi connectivity index (χ3v) is 4.26. The van der Waals surface area contributed by atoms with E-state index in [4.69, 9.17) is 9.26 Å². The monoisotopic (exact) mass is 350 g/mol. The van der Waals surface area contributed by atoms with Crippen LogP contribution in [0.2, 0.25) is 0 Å². The number of rotatable bonds is 6. The van der Waals surface area contributed by atoms with Gasteiger partial charge in [0.15, 0.2) is 11.9 Å². The van der Waals surface area contributed by atoms with E-state index >= 15 is 0 Å². The molecule has 0 saturated heterocycles. The molecule has 0 aliphatic heterocycles. The summed E-state index contributed by atoms with van der Waals surface area (Å²) in [5.41, 5.74) is 1.54. The van der Waals surface area contributed by atoms with Crippen LogP contribution >= 0.6 is 0 Å². The van der Waals surface area contributed by atoms with Crippen molar-refractivity contribution in [1.29, 1.82) is 0 Å². The van der Waals surface area contributed by atoms with Crippen molar-refractivity contribution in [2.24, 2.45) is 0 Å². The smallest absolute Gasteiger partial charge is 0.333 e. The second-order valence-corrected chi connectivity index (χ2v) is 6.18. The molecule has 26 heavy (non-hydrogen) atoms. The van der Waals surface area contributed by atoms with Gasteiger partial charge in [0.25, 0.3) is 5.89 Å². The van der Waals surface area contributed by atoms with Crippen molar-refractivity contribution in [1.82, 2.24) is 15.1 Å². The van der Waals surface area contributed by atoms with Crippen LogP contribution in [-0.4, -0.2) is 28.2 Å². The van der Waals surface area contributed by atoms with Gasteiger partial charge in [-0.2, -0.15) is 4.98 Å². The molecule has 0 bridgehead atoms. The number of methoxy groups -OCH3 is 1. The number of ether oxygens (including phenoxy) is 1. The molecule has 7 heteroatoms. The molecule has 0 radical (unpaired) electrons. The molecule has 2 heterocycles. The van der Waals surface area contributed by atoms with E-state index in [-0.39, 0.29) is 5.97 Å². The van der Waals surface area contributed by atoms with Crippen molar-refractivity contribution >= 4 is 11.8 Å². The van der Waals surface area contributed by atoms with E-state index in [0.29, 0.717) is 17.6 Å². The van der Waals surface area contributed by atoms with Crippen LogP contribution in [0.15, 0.2) is 53.2 Å². The molecule has 7 nitrogen and oxygen atoms in total. The highest BCUT2D eigenvalue weighted by atomic mass is 16.5. The Bertz CT molecular complexity index is 889. The Morgan fingerprint density at radius 1 is 1.23 bits per heavy atom. The van der Waals surface area contributed by atoms with E-state index in [1.807, 2.05) is 36.4 Å². The van der Waals surface area contributed by atoms with Crippen molar-refractivity contribution in [2.75, 3.05) is 12.4 Å². The number of esters is 1. The average Bonchev–Trinajstić information content (AvgIpc) is 3.43. The lowest BCUT2D eigenvalue weighted by molar-refractivity contribution is -0.141. The predicted molar refractivity (Wildman–Crippen MR) is 94.3 cm³/mol. The van der Waals surface area contributed by atoms with Gasteiger partial charge >= 0.3 is 5.97 Å². The summed E-state index contributed by atoms with van der Waals surface area (Å²) in [5.74, 6) is 1.83. The first-order valence-corrected chi connectivity index (χ1v) is 8.44. The Labute approximate surface area is 150 Å². The van der Waals surface area contributed by atoms with Gasteiger partial charge in [-0.1, -0.05) is 35.5 Å². The van der Waals surface area contributed by atoms with Crippen molar-refractivity contribution in [2.45, 2.75) is 24.8 Å². The lowest BCUT2D eigenvalue weighted by atomic mass is 10.1. The quantitative estimate of drug-likeness (QED) is 0.682. The SMILES string of the molecule is COC(=O)[C@@H](Nc1ccc(-c2nc(C3CC3)no2)cn1)c1ccccc1. The van der Waals surface area contributed by atoms with Crippen LogP contribution < -0.4 is 5.32 Å². The standard InChI is InChI=1S/C19H18N4O3/c1-25-19(24)16(12-5-3-2-4-6-12)21-15-10-9-14(11-20-15)18-22-17(23-26-18)13-7-8-13/h2-6,9-11,13,16H,7-8H2,1H3,(H,20,21)/t16-/m0/s1. The van der Waals surface area contributed by atoms with E-state index in [1.54, 1.807) is 12.3 Å². The molecule has 1 aliphatic carbocycles. The van der Waals surface area contributed by atoms with E-state index < -0.39 is 6.04 Å². The third-order valence-electron chi connectivity index (χ3n) is 4.26. The van der Waals surface area contributed by atoms with Crippen molar-refractivity contribution in [3.63, 3.8) is 0 Å². The maximum Gasteiger partial charge on any atom is 0.333 e. The highest BCUT2D eigenvalue weighted by molar-refractivity contribution is 5.80. The molecule has 0 unspecified atom stereocenters. The minimum absolute atomic E-state index is 0.381. The number of benzene rings is 1. The first-order valence-electron chi connectivity index (χ1n) is 8.44. The molecular weight excluding hydrogens is 332 g/mol. The van der Waals surface area contributed by atoms with Gasteiger partial charge in [-0.15, -0.1) is 0 Å². The second-order valence-electron chi connectivity index (χ2n) is 6.18. The molecule has 0 spiro atoms. The number of anilines is 1. The van der Waals surface area contributed by atoms with Crippen LogP contribution in [0.1, 0.15) is 36.2 Å². The first kappa shape index (κ1) is 16.3. The molecule has 132 valence electrons. The largest absolute Gasteiger partial charge is 0.467 e. The maximum absolute atomic E-state index is 12.1. The second kappa shape index (κ2) is 6.95. The number of hydrogen-bond acceptors (Lipinski definition) is 7. The summed E-state index contributed by atoms with van der Waals surface area (Å²) in [6.07, 6.45) is 3.88. The summed E-state index contributed by atoms with van der Waals surface area (Å²) in [7, 11) is 1.36. The summed E-state index contributed by atoms with van der Waals surface area (Å²) in [5, 5.41) is 7.11. The van der Waals surface area contributed by atoms with Gasteiger partial charge < -0.3 is 14.6 Å². The van der Waals surface area contributed by atoms with E-state index in [1.165, 1.54) is 7.11 Å². The lowest BCUT2D eigenvalue weighted by Crippen LogP contribution is -2.22. The van der Waals surface area contributed by atoms with E-state index in [2.05, 4.69) is 20.4 Å². The van der Waals surface area contributed by atoms with Crippen LogP contribution in [0.4, 0.5) is 5.82 Å². The topological polar surface area (TPSA) is 90.1 Å². The number of carbonyl (C=O) groups is 1. The molecule has 1 atom stereocenters. The van der Waals surface area contributed by atoms with Crippen molar-refractivity contribution in [3.05, 3.63) is 60.0 Å². The molecule has 4 rings (SSSR count). The highest BCUT2D eigenvalue weighted by Crippen LogP contribution is 2.38. The number of pyridine rings is 1. The van der Waals surface area contributed by atoms with E-state index in [9.17, 15) is 4.79 Å². The Balaban J connectivity index is 1.52. The minimum atomic E-state index is -0.635. The van der Waals surface area contributed by atoms with Crippen LogP contribution in [0.3, 0.4) is 0 Å². The van der Waals surface area contributed by atoms with E-state index in [0.717, 1.165) is 29.8 Å². The Morgan fingerprint density at radius 2 is 2.04 bits per heavy atom. The molecule has 2 aromatic heterocycles. The molecule has 1 aliphatic rings. The van der Waals surface area contributed by atoms with Gasteiger partial charge in [-0.05, 0) is 30.5 Å². The fraction of sp³-hybridized carbons (Fsp3) is 0.263. The van der Waals surface area contributed by atoms with Gasteiger partial charge in [0, 0.05) is 12.1 Å². The Morgan fingerprint density at radius 3 is 2.69 bits per heavy atom. The first-order chi connectivity index (χ1) is 12.7. The highest BCUT2D eigenvalue weighted by Gasteiger charge is 2.29. The number of carbonyl (C=O) groups excluding carboxylic acids is 1. The number of nitrogens with zero attached hydrogens (tertiary/aromatic N) is 3. The molecule has 0 amide bonds. The fourth-order valence-corrected chi connectivity index (χ4v) is 2.65. The average molecular weight is 350 g/mol. The van der Waals surface area contributed by atoms with Crippen LogP contribution in [0.5, 0.6) is 0 Å². The summed E-state index contributed by atoms with van der Waals surface area (Å²) in [6, 6.07) is 12.3. The minimum Gasteiger partial charge on any atom is -0.467 e. The lowest BCUT2D eigenvalue weighted by Gasteiger charge is -2.17. The van der Waals surface area contributed by atoms with Crippen LogP contribution in [0, 0.1) is 0 Å². The fourth-order valence-electron chi connectivity index (χ4n) is 2.65. The number of nitrogens with one attached hydrogen (secondary N) is 1. The molecule has 1 aromatic carbocycles. The van der Waals surface area contributed by atoms with Gasteiger partial charge in [0.2, 0.25) is 0 Å². The van der Waals surface area contributed by atoms with Gasteiger partial charge in [0.05, 0.1) is 12.7 Å². The Kier molecular flexibility index (Phi) is 4.35. The zero-order valence-corrected chi connectivity index (χ0v) is 14.3. The zero-order chi connectivity index (χ0) is 17.9. The molecule has 3 aromatic rings. The van der Waals surface area contributed by atoms with Crippen molar-refractivity contribution in [3.8, 4) is 11.5 Å².